The first-order chi connectivity index (χ1) is 6.25. The molecule has 0 bridgehead atoms. The van der Waals surface area contributed by atoms with Gasteiger partial charge in [-0.15, -0.1) is 0 Å². The van der Waals surface area contributed by atoms with Crippen molar-refractivity contribution in [1.82, 2.24) is 5.32 Å². The second-order valence-corrected chi connectivity index (χ2v) is 2.45. The minimum Gasteiger partial charge on any atom is -0.349 e. The van der Waals surface area contributed by atoms with Crippen LogP contribution in [0.2, 0.25) is 0 Å². The van der Waals surface area contributed by atoms with Gasteiger partial charge >= 0.3 is 0 Å². The smallest absolute Gasteiger partial charge is 0.292 e. The number of rotatable bonds is 3. The highest BCUT2D eigenvalue weighted by molar-refractivity contribution is 6.42. The van der Waals surface area contributed by atoms with Crippen molar-refractivity contribution in [3.8, 4) is 0 Å². The minimum atomic E-state index is -0.610. The molecular formula is C10H10NO2. The largest absolute Gasteiger partial charge is 0.349 e. The van der Waals surface area contributed by atoms with E-state index in [0.717, 1.165) is 0 Å². The highest BCUT2D eigenvalue weighted by Gasteiger charge is 2.13. The molecule has 0 aliphatic heterocycles. The first-order valence-electron chi connectivity index (χ1n) is 3.92. The Morgan fingerprint density at radius 1 is 1.23 bits per heavy atom. The van der Waals surface area contributed by atoms with Gasteiger partial charge in [0.15, 0.2) is 0 Å². The van der Waals surface area contributed by atoms with Crippen LogP contribution in [0.15, 0.2) is 30.3 Å². The van der Waals surface area contributed by atoms with Gasteiger partial charge in [0.2, 0.25) is 5.78 Å². The third-order valence-electron chi connectivity index (χ3n) is 1.53. The van der Waals surface area contributed by atoms with Gasteiger partial charge < -0.3 is 5.32 Å². The Bertz CT molecular complexity index is 306. The Morgan fingerprint density at radius 2 is 1.85 bits per heavy atom. The SMILES string of the molecule is [CH2]CNC(=O)C(=O)c1ccccc1. The summed E-state index contributed by atoms with van der Waals surface area (Å²) >= 11 is 0. The lowest BCUT2D eigenvalue weighted by atomic mass is 10.1. The number of hydrogen-bond donors (Lipinski definition) is 1. The summed E-state index contributed by atoms with van der Waals surface area (Å²) in [7, 11) is 0. The van der Waals surface area contributed by atoms with Gasteiger partial charge in [0, 0.05) is 12.1 Å². The predicted molar refractivity (Wildman–Crippen MR) is 49.1 cm³/mol. The molecule has 0 saturated carbocycles. The Kier molecular flexibility index (Phi) is 3.20. The molecule has 1 aromatic carbocycles. The zero-order chi connectivity index (χ0) is 9.68. The maximum Gasteiger partial charge on any atom is 0.292 e. The van der Waals surface area contributed by atoms with Crippen LogP contribution in [0.25, 0.3) is 0 Å². The molecule has 1 N–H and O–H groups in total. The maximum atomic E-state index is 11.3. The zero-order valence-electron chi connectivity index (χ0n) is 7.12. The van der Waals surface area contributed by atoms with Crippen molar-refractivity contribution < 1.29 is 9.59 Å². The van der Waals surface area contributed by atoms with E-state index >= 15 is 0 Å². The van der Waals surface area contributed by atoms with Crippen LogP contribution in [0.4, 0.5) is 0 Å². The molecule has 0 aliphatic rings. The van der Waals surface area contributed by atoms with E-state index in [9.17, 15) is 9.59 Å². The standard InChI is InChI=1S/C10H10NO2/c1-2-11-10(13)9(12)8-6-4-3-5-7-8/h3-7H,1-2H2,(H,11,13). The van der Waals surface area contributed by atoms with Crippen LogP contribution >= 0.6 is 0 Å². The molecule has 13 heavy (non-hydrogen) atoms. The molecule has 1 aromatic rings. The Balaban J connectivity index is 2.74. The molecule has 0 atom stereocenters. The number of benzene rings is 1. The normalized spacial score (nSPS) is 9.31. The summed E-state index contributed by atoms with van der Waals surface area (Å²) in [5.41, 5.74) is 0.397. The van der Waals surface area contributed by atoms with Crippen LogP contribution < -0.4 is 5.32 Å². The number of nitrogens with one attached hydrogen (secondary N) is 1. The average Bonchev–Trinajstić information content (AvgIpc) is 2.18. The predicted octanol–water partition coefficient (Wildman–Crippen LogP) is 0.820. The van der Waals surface area contributed by atoms with E-state index in [1.165, 1.54) is 0 Å². The van der Waals surface area contributed by atoms with Crippen molar-refractivity contribution in [3.63, 3.8) is 0 Å². The van der Waals surface area contributed by atoms with Crippen LogP contribution in [0, 0.1) is 6.92 Å². The third-order valence-corrected chi connectivity index (χ3v) is 1.53. The molecule has 67 valence electrons. The van der Waals surface area contributed by atoms with Crippen molar-refractivity contribution in [2.24, 2.45) is 0 Å². The first kappa shape index (κ1) is 9.45. The zero-order valence-corrected chi connectivity index (χ0v) is 7.12. The lowest BCUT2D eigenvalue weighted by Gasteiger charge is -1.99. The molecule has 0 aromatic heterocycles. The molecule has 0 unspecified atom stereocenters. The molecule has 0 heterocycles. The van der Waals surface area contributed by atoms with Gasteiger partial charge in [-0.25, -0.2) is 0 Å². The molecule has 0 saturated heterocycles. The molecule has 0 spiro atoms. The van der Waals surface area contributed by atoms with E-state index in [2.05, 4.69) is 12.2 Å². The fraction of sp³-hybridized carbons (Fsp3) is 0.100. The van der Waals surface area contributed by atoms with Crippen molar-refractivity contribution >= 4 is 11.7 Å². The van der Waals surface area contributed by atoms with Crippen LogP contribution in [-0.2, 0) is 4.79 Å². The molecule has 0 aliphatic carbocycles. The van der Waals surface area contributed by atoms with E-state index in [1.54, 1.807) is 30.3 Å². The van der Waals surface area contributed by atoms with Crippen LogP contribution in [0.1, 0.15) is 10.4 Å². The van der Waals surface area contributed by atoms with Gasteiger partial charge in [0.05, 0.1) is 0 Å². The van der Waals surface area contributed by atoms with E-state index < -0.39 is 11.7 Å². The van der Waals surface area contributed by atoms with Gasteiger partial charge in [-0.1, -0.05) is 30.3 Å². The maximum absolute atomic E-state index is 11.3. The van der Waals surface area contributed by atoms with Crippen molar-refractivity contribution in [1.29, 1.82) is 0 Å². The summed E-state index contributed by atoms with van der Waals surface area (Å²) in [4.78, 5) is 22.3. The molecule has 3 nitrogen and oxygen atoms in total. The minimum absolute atomic E-state index is 0.220. The molecule has 3 heteroatoms. The highest BCUT2D eigenvalue weighted by atomic mass is 16.2. The summed E-state index contributed by atoms with van der Waals surface area (Å²) in [5, 5.41) is 2.34. The molecule has 1 radical (unpaired) electrons. The highest BCUT2D eigenvalue weighted by Crippen LogP contribution is 1.99. The number of hydrogen-bond acceptors (Lipinski definition) is 2. The lowest BCUT2D eigenvalue weighted by molar-refractivity contribution is -0.116. The summed E-state index contributed by atoms with van der Waals surface area (Å²) < 4.78 is 0. The van der Waals surface area contributed by atoms with Crippen molar-refractivity contribution in [2.75, 3.05) is 6.54 Å². The number of carbonyl (C=O) groups excluding carboxylic acids is 2. The molecule has 1 amide bonds. The third kappa shape index (κ3) is 2.40. The number of amides is 1. The summed E-state index contributed by atoms with van der Waals surface area (Å²) in [6, 6.07) is 8.42. The Morgan fingerprint density at radius 3 is 2.38 bits per heavy atom. The van der Waals surface area contributed by atoms with Crippen LogP contribution in [0.5, 0.6) is 0 Å². The quantitative estimate of drug-likeness (QED) is 0.547. The Hall–Kier alpha value is -1.64. The summed E-state index contributed by atoms with van der Waals surface area (Å²) in [6.07, 6.45) is 0. The van der Waals surface area contributed by atoms with Gasteiger partial charge in [0.1, 0.15) is 0 Å². The second kappa shape index (κ2) is 4.40. The fourth-order valence-corrected chi connectivity index (χ4v) is 0.914. The van der Waals surface area contributed by atoms with Gasteiger partial charge in [0.25, 0.3) is 5.91 Å². The van der Waals surface area contributed by atoms with Crippen LogP contribution in [0.3, 0.4) is 0 Å². The van der Waals surface area contributed by atoms with E-state index in [0.29, 0.717) is 5.56 Å². The number of carbonyl (C=O) groups is 2. The van der Waals surface area contributed by atoms with Gasteiger partial charge in [-0.05, 0) is 6.92 Å². The second-order valence-electron chi connectivity index (χ2n) is 2.45. The summed E-state index contributed by atoms with van der Waals surface area (Å²) in [6.45, 7) is 3.64. The van der Waals surface area contributed by atoms with E-state index in [-0.39, 0.29) is 6.54 Å². The van der Waals surface area contributed by atoms with Crippen LogP contribution in [-0.4, -0.2) is 18.2 Å². The molecular weight excluding hydrogens is 166 g/mol. The summed E-state index contributed by atoms with van der Waals surface area (Å²) in [5.74, 6) is -1.13. The number of Topliss-reactive ketones (excluding diaryl/α,β-unsaturated/α-hetero) is 1. The lowest BCUT2D eigenvalue weighted by Crippen LogP contribution is -2.30. The monoisotopic (exact) mass is 176 g/mol. The Labute approximate surface area is 76.8 Å². The van der Waals surface area contributed by atoms with Gasteiger partial charge in [-0.2, -0.15) is 0 Å². The van der Waals surface area contributed by atoms with Crippen molar-refractivity contribution in [3.05, 3.63) is 42.8 Å². The van der Waals surface area contributed by atoms with Crippen molar-refractivity contribution in [2.45, 2.75) is 0 Å². The average molecular weight is 176 g/mol. The van der Waals surface area contributed by atoms with E-state index in [1.807, 2.05) is 0 Å². The number of ketones is 1. The van der Waals surface area contributed by atoms with Gasteiger partial charge in [-0.3, -0.25) is 9.59 Å². The van der Waals surface area contributed by atoms with E-state index in [4.69, 9.17) is 0 Å². The molecule has 1 rings (SSSR count). The topological polar surface area (TPSA) is 46.2 Å². The first-order valence-corrected chi connectivity index (χ1v) is 3.92. The molecule has 0 fully saturated rings. The fourth-order valence-electron chi connectivity index (χ4n) is 0.914.